The molecular weight excluding hydrogens is 453 g/mol. The maximum absolute atomic E-state index is 13.8. The fourth-order valence-electron chi connectivity index (χ4n) is 2.52. The topological polar surface area (TPSA) is 82.4 Å². The van der Waals surface area contributed by atoms with Gasteiger partial charge in [0, 0.05) is 17.8 Å². The highest BCUT2D eigenvalue weighted by Gasteiger charge is 2.23. The maximum atomic E-state index is 13.8. The van der Waals surface area contributed by atoms with E-state index < -0.39 is 10.0 Å². The third-order valence-corrected chi connectivity index (χ3v) is 5.84. The number of methoxy groups -OCH3 is 2. The van der Waals surface area contributed by atoms with Gasteiger partial charge in [-0.2, -0.15) is 5.10 Å². The Morgan fingerprint density at radius 1 is 1.18 bits per heavy atom. The number of nitrogens with one attached hydrogen (secondary N) is 1. The van der Waals surface area contributed by atoms with Crippen LogP contribution < -0.4 is 14.2 Å². The van der Waals surface area contributed by atoms with E-state index in [9.17, 15) is 12.8 Å². The van der Waals surface area contributed by atoms with Gasteiger partial charge in [0.15, 0.2) is 5.82 Å². The van der Waals surface area contributed by atoms with Crippen molar-refractivity contribution in [2.24, 2.45) is 0 Å². The third kappa shape index (κ3) is 4.28. The van der Waals surface area contributed by atoms with Gasteiger partial charge < -0.3 is 9.47 Å². The molecule has 1 aromatic heterocycles. The van der Waals surface area contributed by atoms with Crippen LogP contribution in [0.5, 0.6) is 11.5 Å². The summed E-state index contributed by atoms with van der Waals surface area (Å²) >= 11 is 3.28. The molecule has 0 aliphatic rings. The van der Waals surface area contributed by atoms with E-state index in [0.29, 0.717) is 15.8 Å². The quantitative estimate of drug-likeness (QED) is 0.570. The summed E-state index contributed by atoms with van der Waals surface area (Å²) in [7, 11) is -1.20. The molecule has 2 aromatic carbocycles. The zero-order valence-corrected chi connectivity index (χ0v) is 17.4. The first-order chi connectivity index (χ1) is 13.3. The van der Waals surface area contributed by atoms with Gasteiger partial charge in [-0.3, -0.25) is 9.40 Å². The van der Waals surface area contributed by atoms with Crippen LogP contribution in [-0.4, -0.2) is 32.4 Å². The minimum atomic E-state index is -4.01. The summed E-state index contributed by atoms with van der Waals surface area (Å²) in [5.41, 5.74) is 0.432. The second-order valence-corrected chi connectivity index (χ2v) is 8.24. The number of hydrogen-bond donors (Lipinski definition) is 1. The molecule has 1 heterocycles. The van der Waals surface area contributed by atoms with Crippen molar-refractivity contribution < 1.29 is 22.3 Å². The Hall–Kier alpha value is -2.59. The van der Waals surface area contributed by atoms with Gasteiger partial charge >= 0.3 is 0 Å². The molecule has 10 heteroatoms. The predicted molar refractivity (Wildman–Crippen MR) is 106 cm³/mol. The number of rotatable bonds is 7. The first-order valence-electron chi connectivity index (χ1n) is 8.05. The van der Waals surface area contributed by atoms with Gasteiger partial charge in [-0.1, -0.05) is 18.2 Å². The molecule has 0 saturated carbocycles. The summed E-state index contributed by atoms with van der Waals surface area (Å²) in [6.45, 7) is 0.148. The number of halogens is 2. The molecule has 0 radical (unpaired) electrons. The van der Waals surface area contributed by atoms with Gasteiger partial charge in [-0.25, -0.2) is 12.8 Å². The average molecular weight is 470 g/mol. The highest BCUT2D eigenvalue weighted by atomic mass is 79.9. The van der Waals surface area contributed by atoms with E-state index in [1.165, 1.54) is 37.1 Å². The molecule has 0 spiro atoms. The van der Waals surface area contributed by atoms with Crippen LogP contribution in [-0.2, 0) is 16.6 Å². The van der Waals surface area contributed by atoms with E-state index in [1.807, 2.05) is 0 Å². The third-order valence-electron chi connectivity index (χ3n) is 3.90. The van der Waals surface area contributed by atoms with Gasteiger partial charge in [0.25, 0.3) is 10.0 Å². The van der Waals surface area contributed by atoms with Crippen LogP contribution in [0.15, 0.2) is 58.0 Å². The number of nitrogens with zero attached hydrogens (tertiary/aromatic N) is 2. The fourth-order valence-corrected chi connectivity index (χ4v) is 4.27. The molecule has 0 aliphatic carbocycles. The molecule has 0 unspecified atom stereocenters. The van der Waals surface area contributed by atoms with Crippen molar-refractivity contribution in [2.75, 3.05) is 18.9 Å². The Balaban J connectivity index is 1.89. The monoisotopic (exact) mass is 469 g/mol. The van der Waals surface area contributed by atoms with Crippen molar-refractivity contribution in [1.82, 2.24) is 9.78 Å². The number of anilines is 1. The first kappa shape index (κ1) is 20.2. The fraction of sp³-hybridized carbons (Fsp3) is 0.167. The number of hydrogen-bond acceptors (Lipinski definition) is 5. The summed E-state index contributed by atoms with van der Waals surface area (Å²) in [6, 6.07) is 10.7. The summed E-state index contributed by atoms with van der Waals surface area (Å²) in [4.78, 5) is -0.0927. The van der Waals surface area contributed by atoms with Crippen LogP contribution in [0.3, 0.4) is 0 Å². The molecule has 3 aromatic rings. The van der Waals surface area contributed by atoms with E-state index in [4.69, 9.17) is 9.47 Å². The highest BCUT2D eigenvalue weighted by molar-refractivity contribution is 9.10. The van der Waals surface area contributed by atoms with Crippen molar-refractivity contribution in [1.29, 1.82) is 0 Å². The number of sulfonamides is 1. The molecule has 148 valence electrons. The Morgan fingerprint density at radius 3 is 2.61 bits per heavy atom. The summed E-state index contributed by atoms with van der Waals surface area (Å²) < 4.78 is 54.0. The summed E-state index contributed by atoms with van der Waals surface area (Å²) in [5.74, 6) is 0.235. The molecule has 0 saturated heterocycles. The largest absolute Gasteiger partial charge is 0.497 e. The van der Waals surface area contributed by atoms with Gasteiger partial charge in [-0.05, 0) is 34.1 Å². The second-order valence-electron chi connectivity index (χ2n) is 5.74. The van der Waals surface area contributed by atoms with E-state index in [0.717, 1.165) is 0 Å². The molecule has 0 amide bonds. The molecule has 3 rings (SSSR count). The lowest BCUT2D eigenvalue weighted by Crippen LogP contribution is -2.15. The van der Waals surface area contributed by atoms with Gasteiger partial charge in [-0.15, -0.1) is 0 Å². The van der Waals surface area contributed by atoms with Crippen LogP contribution in [0, 0.1) is 5.82 Å². The van der Waals surface area contributed by atoms with E-state index in [1.54, 1.807) is 30.5 Å². The zero-order valence-electron chi connectivity index (χ0n) is 15.0. The lowest BCUT2D eigenvalue weighted by atomic mass is 10.2. The van der Waals surface area contributed by atoms with Crippen LogP contribution in [0.2, 0.25) is 0 Å². The van der Waals surface area contributed by atoms with Crippen LogP contribution >= 0.6 is 15.9 Å². The summed E-state index contributed by atoms with van der Waals surface area (Å²) in [5, 5.41) is 4.20. The van der Waals surface area contributed by atoms with Crippen molar-refractivity contribution in [3.63, 3.8) is 0 Å². The minimum Gasteiger partial charge on any atom is -0.497 e. The van der Waals surface area contributed by atoms with E-state index in [2.05, 4.69) is 25.8 Å². The second kappa shape index (κ2) is 8.19. The Labute approximate surface area is 170 Å². The smallest absolute Gasteiger partial charge is 0.266 e. The van der Waals surface area contributed by atoms with Crippen molar-refractivity contribution in [3.8, 4) is 11.5 Å². The Kier molecular flexibility index (Phi) is 5.90. The average Bonchev–Trinajstić information content (AvgIpc) is 3.01. The number of aromatic nitrogens is 2. The molecular formula is C18H17BrFN3O4S. The lowest BCUT2D eigenvalue weighted by molar-refractivity contribution is 0.392. The molecule has 7 nitrogen and oxygen atoms in total. The standard InChI is InChI=1S/C18H17BrFN3O4S/c1-26-13-7-8-16(27-2)17(9-13)28(24,25)22-18-14(19)11-23(21-18)10-12-5-3-4-6-15(12)20/h3-9,11H,10H2,1-2H3,(H,21,22). The molecule has 0 bridgehead atoms. The molecule has 0 fully saturated rings. The maximum Gasteiger partial charge on any atom is 0.266 e. The Morgan fingerprint density at radius 2 is 1.93 bits per heavy atom. The lowest BCUT2D eigenvalue weighted by Gasteiger charge is -2.12. The highest BCUT2D eigenvalue weighted by Crippen LogP contribution is 2.31. The molecule has 1 N–H and O–H groups in total. The molecule has 28 heavy (non-hydrogen) atoms. The molecule has 0 aliphatic heterocycles. The van der Waals surface area contributed by atoms with Crippen LogP contribution in [0.4, 0.5) is 10.2 Å². The van der Waals surface area contributed by atoms with Crippen molar-refractivity contribution in [2.45, 2.75) is 11.4 Å². The minimum absolute atomic E-state index is 0.0706. The number of ether oxygens (including phenoxy) is 2. The van der Waals surface area contributed by atoms with Gasteiger partial charge in [0.1, 0.15) is 22.2 Å². The predicted octanol–water partition coefficient (Wildman–Crippen LogP) is 3.65. The molecule has 0 atom stereocenters. The van der Waals surface area contributed by atoms with Crippen molar-refractivity contribution in [3.05, 3.63) is 64.5 Å². The van der Waals surface area contributed by atoms with Gasteiger partial charge in [0.2, 0.25) is 0 Å². The zero-order chi connectivity index (χ0) is 20.3. The first-order valence-corrected chi connectivity index (χ1v) is 10.3. The normalized spacial score (nSPS) is 11.3. The SMILES string of the molecule is COc1ccc(OC)c(S(=O)(=O)Nc2nn(Cc3ccccc3F)cc2Br)c1. The van der Waals surface area contributed by atoms with Gasteiger partial charge in [0.05, 0.1) is 25.2 Å². The van der Waals surface area contributed by atoms with E-state index >= 15 is 0 Å². The number of benzene rings is 2. The van der Waals surface area contributed by atoms with Crippen LogP contribution in [0.25, 0.3) is 0 Å². The van der Waals surface area contributed by atoms with Crippen molar-refractivity contribution >= 4 is 31.8 Å². The van der Waals surface area contributed by atoms with Crippen LogP contribution in [0.1, 0.15) is 5.56 Å². The Bertz CT molecular complexity index is 1100. The van der Waals surface area contributed by atoms with E-state index in [-0.39, 0.29) is 28.8 Å². The summed E-state index contributed by atoms with van der Waals surface area (Å²) in [6.07, 6.45) is 1.56.